The zero-order valence-electron chi connectivity index (χ0n) is 21.2. The maximum atomic E-state index is 13.2. The number of carbonyl (C=O) groups excluding carboxylic acids is 1. The van der Waals surface area contributed by atoms with Crippen molar-refractivity contribution in [2.75, 3.05) is 11.8 Å². The van der Waals surface area contributed by atoms with Crippen molar-refractivity contribution < 1.29 is 17.9 Å². The lowest BCUT2D eigenvalue weighted by Gasteiger charge is -2.22. The molecule has 186 valence electrons. The number of anilines is 1. The quantitative estimate of drug-likeness (QED) is 0.386. The van der Waals surface area contributed by atoms with Gasteiger partial charge in [-0.2, -0.15) is 0 Å². The summed E-state index contributed by atoms with van der Waals surface area (Å²) in [7, 11) is -2.28. The number of ether oxygens (including phenoxy) is 1. The van der Waals surface area contributed by atoms with E-state index in [4.69, 9.17) is 4.74 Å². The molecular formula is C28H34N2O4S. The topological polar surface area (TPSA) is 84.5 Å². The minimum atomic E-state index is -3.89. The maximum Gasteiger partial charge on any atom is 0.262 e. The van der Waals surface area contributed by atoms with Crippen molar-refractivity contribution in [2.45, 2.75) is 52.0 Å². The number of nitrogens with one attached hydrogen (secondary N) is 2. The van der Waals surface area contributed by atoms with Crippen molar-refractivity contribution in [2.24, 2.45) is 5.92 Å². The van der Waals surface area contributed by atoms with Gasteiger partial charge in [0.15, 0.2) is 0 Å². The van der Waals surface area contributed by atoms with E-state index in [1.165, 1.54) is 6.07 Å². The van der Waals surface area contributed by atoms with Gasteiger partial charge in [0.2, 0.25) is 0 Å². The molecular weight excluding hydrogens is 460 g/mol. The van der Waals surface area contributed by atoms with Gasteiger partial charge in [0.1, 0.15) is 5.75 Å². The van der Waals surface area contributed by atoms with E-state index in [0.29, 0.717) is 22.7 Å². The first-order valence-corrected chi connectivity index (χ1v) is 13.1. The predicted octanol–water partition coefficient (Wildman–Crippen LogP) is 5.94. The molecule has 1 atom stereocenters. The Morgan fingerprint density at radius 2 is 1.60 bits per heavy atom. The van der Waals surface area contributed by atoms with Gasteiger partial charge in [-0.25, -0.2) is 8.42 Å². The molecule has 0 aliphatic heterocycles. The molecule has 0 radical (unpaired) electrons. The van der Waals surface area contributed by atoms with E-state index in [1.807, 2.05) is 50.2 Å². The molecule has 7 heteroatoms. The molecule has 0 spiro atoms. The Balaban J connectivity index is 1.88. The predicted molar refractivity (Wildman–Crippen MR) is 141 cm³/mol. The molecule has 0 saturated carbocycles. The van der Waals surface area contributed by atoms with Gasteiger partial charge < -0.3 is 10.1 Å². The summed E-state index contributed by atoms with van der Waals surface area (Å²) in [6.07, 6.45) is 0.739. The minimum Gasteiger partial charge on any atom is -0.497 e. The van der Waals surface area contributed by atoms with Crippen LogP contribution in [0, 0.1) is 26.7 Å². The third-order valence-electron chi connectivity index (χ3n) is 5.90. The Hall–Kier alpha value is -3.32. The van der Waals surface area contributed by atoms with Crippen LogP contribution in [-0.2, 0) is 10.0 Å². The molecule has 2 N–H and O–H groups in total. The molecule has 0 aliphatic rings. The molecule has 0 aromatic heterocycles. The highest BCUT2D eigenvalue weighted by molar-refractivity contribution is 7.92. The summed E-state index contributed by atoms with van der Waals surface area (Å²) in [5.41, 5.74) is 4.21. The van der Waals surface area contributed by atoms with Crippen molar-refractivity contribution >= 4 is 21.6 Å². The highest BCUT2D eigenvalue weighted by Gasteiger charge is 2.22. The summed E-state index contributed by atoms with van der Waals surface area (Å²) in [6, 6.07) is 17.7. The van der Waals surface area contributed by atoms with Crippen molar-refractivity contribution in [3.05, 3.63) is 88.5 Å². The van der Waals surface area contributed by atoms with Gasteiger partial charge in [0.05, 0.1) is 23.7 Å². The fourth-order valence-electron chi connectivity index (χ4n) is 3.99. The number of hydrogen-bond donors (Lipinski definition) is 2. The van der Waals surface area contributed by atoms with E-state index < -0.39 is 10.0 Å². The van der Waals surface area contributed by atoms with Gasteiger partial charge >= 0.3 is 0 Å². The van der Waals surface area contributed by atoms with E-state index in [1.54, 1.807) is 32.2 Å². The Bertz CT molecular complexity index is 1300. The van der Waals surface area contributed by atoms with Crippen LogP contribution < -0.4 is 14.8 Å². The summed E-state index contributed by atoms with van der Waals surface area (Å²) < 4.78 is 34.4. The van der Waals surface area contributed by atoms with Crippen molar-refractivity contribution in [3.63, 3.8) is 0 Å². The monoisotopic (exact) mass is 494 g/mol. The average Bonchev–Trinajstić information content (AvgIpc) is 2.80. The molecule has 6 nitrogen and oxygen atoms in total. The second-order valence-corrected chi connectivity index (χ2v) is 11.0. The van der Waals surface area contributed by atoms with Crippen LogP contribution in [-0.4, -0.2) is 21.4 Å². The van der Waals surface area contributed by atoms with Crippen LogP contribution in [0.1, 0.15) is 58.9 Å². The van der Waals surface area contributed by atoms with E-state index >= 15 is 0 Å². The van der Waals surface area contributed by atoms with E-state index in [0.717, 1.165) is 28.9 Å². The molecule has 1 unspecified atom stereocenters. The lowest BCUT2D eigenvalue weighted by atomic mass is 9.96. The summed E-state index contributed by atoms with van der Waals surface area (Å²) in [5, 5.41) is 3.09. The Labute approximate surface area is 208 Å². The first kappa shape index (κ1) is 26.3. The van der Waals surface area contributed by atoms with Crippen LogP contribution in [0.15, 0.2) is 65.6 Å². The Kier molecular flexibility index (Phi) is 8.22. The first-order chi connectivity index (χ1) is 16.5. The summed E-state index contributed by atoms with van der Waals surface area (Å²) >= 11 is 0. The third kappa shape index (κ3) is 6.63. The largest absolute Gasteiger partial charge is 0.497 e. The fourth-order valence-corrected chi connectivity index (χ4v) is 5.39. The number of carbonyl (C=O) groups is 1. The number of rotatable bonds is 9. The van der Waals surface area contributed by atoms with Crippen LogP contribution in [0.2, 0.25) is 0 Å². The van der Waals surface area contributed by atoms with Gasteiger partial charge in [-0.05, 0) is 80.1 Å². The summed E-state index contributed by atoms with van der Waals surface area (Å²) in [6.45, 7) is 9.72. The molecule has 0 fully saturated rings. The van der Waals surface area contributed by atoms with Crippen LogP contribution >= 0.6 is 0 Å². The average molecular weight is 495 g/mol. The lowest BCUT2D eigenvalue weighted by Crippen LogP contribution is -2.30. The van der Waals surface area contributed by atoms with Crippen LogP contribution in [0.4, 0.5) is 5.69 Å². The molecule has 3 aromatic carbocycles. The molecule has 35 heavy (non-hydrogen) atoms. The van der Waals surface area contributed by atoms with E-state index in [9.17, 15) is 13.2 Å². The highest BCUT2D eigenvalue weighted by Crippen LogP contribution is 2.26. The summed E-state index contributed by atoms with van der Waals surface area (Å²) in [4.78, 5) is 13.3. The highest BCUT2D eigenvalue weighted by atomic mass is 32.2. The van der Waals surface area contributed by atoms with Crippen molar-refractivity contribution in [3.8, 4) is 5.75 Å². The van der Waals surface area contributed by atoms with Crippen molar-refractivity contribution in [1.82, 2.24) is 5.32 Å². The number of benzene rings is 3. The van der Waals surface area contributed by atoms with Crippen LogP contribution in [0.3, 0.4) is 0 Å². The molecule has 0 bridgehead atoms. The number of aryl methyl sites for hydroxylation is 3. The molecule has 0 aliphatic carbocycles. The third-order valence-corrected chi connectivity index (χ3v) is 7.40. The number of methoxy groups -OCH3 is 1. The zero-order chi connectivity index (χ0) is 25.8. The van der Waals surface area contributed by atoms with Gasteiger partial charge in [0, 0.05) is 5.56 Å². The minimum absolute atomic E-state index is 0.0787. The number of sulfonamides is 1. The first-order valence-electron chi connectivity index (χ1n) is 11.7. The standard InChI is InChI=1S/C28H34N2O4S/c1-18(2)15-26(22-10-12-24(34-6)13-11-22)29-28(31)23-9-8-20(4)27(17-23)35(32,33)30-25-14-7-19(3)16-21(25)5/h7-14,16-18,26,30H,15H2,1-6H3,(H,29,31). The van der Waals surface area contributed by atoms with Gasteiger partial charge in [0.25, 0.3) is 15.9 Å². The summed E-state index contributed by atoms with van der Waals surface area (Å²) in [5.74, 6) is 0.765. The normalized spacial score (nSPS) is 12.3. The molecule has 3 aromatic rings. The molecule has 1 amide bonds. The lowest BCUT2D eigenvalue weighted by molar-refractivity contribution is 0.0931. The van der Waals surface area contributed by atoms with Gasteiger partial charge in [-0.3, -0.25) is 9.52 Å². The molecule has 3 rings (SSSR count). The van der Waals surface area contributed by atoms with Crippen molar-refractivity contribution in [1.29, 1.82) is 0 Å². The molecule has 0 heterocycles. The van der Waals surface area contributed by atoms with E-state index in [2.05, 4.69) is 23.9 Å². The SMILES string of the molecule is COc1ccc(C(CC(C)C)NC(=O)c2ccc(C)c(S(=O)(=O)Nc3ccc(C)cc3C)c2)cc1. The van der Waals surface area contributed by atoms with Gasteiger partial charge in [-0.15, -0.1) is 0 Å². The number of amides is 1. The Morgan fingerprint density at radius 1 is 0.914 bits per heavy atom. The zero-order valence-corrected chi connectivity index (χ0v) is 22.0. The fraction of sp³-hybridized carbons (Fsp3) is 0.321. The van der Waals surface area contributed by atoms with Crippen LogP contribution in [0.5, 0.6) is 5.75 Å². The Morgan fingerprint density at radius 3 is 2.20 bits per heavy atom. The van der Waals surface area contributed by atoms with Gasteiger partial charge in [-0.1, -0.05) is 49.7 Å². The number of hydrogen-bond acceptors (Lipinski definition) is 4. The smallest absolute Gasteiger partial charge is 0.262 e. The van der Waals surface area contributed by atoms with E-state index in [-0.39, 0.29) is 16.8 Å². The second kappa shape index (κ2) is 11.0. The van der Waals surface area contributed by atoms with Crippen LogP contribution in [0.25, 0.3) is 0 Å². The second-order valence-electron chi connectivity index (χ2n) is 9.33. The maximum absolute atomic E-state index is 13.2. The molecule has 0 saturated heterocycles.